The molecule has 4 heteroatoms. The van der Waals surface area contributed by atoms with Crippen molar-refractivity contribution in [3.63, 3.8) is 0 Å². The monoisotopic (exact) mass is 235 g/mol. The van der Waals surface area contributed by atoms with Crippen molar-refractivity contribution in [1.82, 2.24) is 15.6 Å². The molecule has 94 valence electrons. The molecule has 0 radical (unpaired) electrons. The number of nitrogens with one attached hydrogen (secondary N) is 2. The van der Waals surface area contributed by atoms with E-state index >= 15 is 0 Å². The molecule has 1 aromatic heterocycles. The van der Waals surface area contributed by atoms with Gasteiger partial charge in [0.2, 0.25) is 5.88 Å². The van der Waals surface area contributed by atoms with Crippen molar-refractivity contribution in [2.75, 3.05) is 20.2 Å². The predicted molar refractivity (Wildman–Crippen MR) is 68.1 cm³/mol. The Morgan fingerprint density at radius 1 is 1.47 bits per heavy atom. The Hall–Kier alpha value is -1.13. The summed E-state index contributed by atoms with van der Waals surface area (Å²) in [5.74, 6) is 0.728. The molecule has 0 amide bonds. The van der Waals surface area contributed by atoms with Crippen LogP contribution in [0.25, 0.3) is 0 Å². The van der Waals surface area contributed by atoms with Crippen molar-refractivity contribution in [1.29, 1.82) is 0 Å². The van der Waals surface area contributed by atoms with Crippen LogP contribution in [0.5, 0.6) is 5.88 Å². The molecule has 1 saturated heterocycles. The summed E-state index contributed by atoms with van der Waals surface area (Å²) in [6, 6.07) is 4.62. The first-order chi connectivity index (χ1) is 8.40. The first kappa shape index (κ1) is 12.3. The van der Waals surface area contributed by atoms with Crippen molar-refractivity contribution < 1.29 is 4.74 Å². The molecule has 1 unspecified atom stereocenters. The maximum absolute atomic E-state index is 5.25. The first-order valence-electron chi connectivity index (χ1n) is 6.32. The molecule has 1 aliphatic rings. The van der Waals surface area contributed by atoms with Crippen LogP contribution in [-0.4, -0.2) is 31.2 Å². The van der Waals surface area contributed by atoms with E-state index in [1.54, 1.807) is 13.3 Å². The summed E-state index contributed by atoms with van der Waals surface area (Å²) in [6.07, 6.45) is 5.46. The second kappa shape index (κ2) is 6.57. The Kier molecular flexibility index (Phi) is 4.76. The van der Waals surface area contributed by atoms with Crippen LogP contribution in [0.2, 0.25) is 0 Å². The molecule has 17 heavy (non-hydrogen) atoms. The lowest BCUT2D eigenvalue weighted by molar-refractivity contribution is 0.386. The minimum Gasteiger partial charge on any atom is -0.481 e. The molecule has 4 nitrogen and oxygen atoms in total. The second-order valence-corrected chi connectivity index (χ2v) is 4.43. The molecular weight excluding hydrogens is 214 g/mol. The number of nitrogens with zero attached hydrogens (tertiary/aromatic N) is 1. The number of aromatic nitrogens is 1. The Morgan fingerprint density at radius 2 is 2.41 bits per heavy atom. The van der Waals surface area contributed by atoms with E-state index in [1.165, 1.54) is 19.3 Å². The third-order valence-electron chi connectivity index (χ3n) is 3.20. The van der Waals surface area contributed by atoms with Crippen LogP contribution in [0.4, 0.5) is 0 Å². The van der Waals surface area contributed by atoms with Gasteiger partial charge >= 0.3 is 0 Å². The minimum absolute atomic E-state index is 0.606. The maximum atomic E-state index is 5.25. The first-order valence-corrected chi connectivity index (χ1v) is 6.32. The Bertz CT molecular complexity index is 335. The zero-order chi connectivity index (χ0) is 11.9. The standard InChI is InChI=1S/C13H21N3O/c1-17-13-11(4-2-8-15-13)10-16-12-5-3-7-14-9-6-12/h2,4,8,12,14,16H,3,5-7,9-10H2,1H3. The quantitative estimate of drug-likeness (QED) is 0.826. The second-order valence-electron chi connectivity index (χ2n) is 4.43. The van der Waals surface area contributed by atoms with E-state index in [-0.39, 0.29) is 0 Å². The minimum atomic E-state index is 0.606. The zero-order valence-electron chi connectivity index (χ0n) is 10.4. The topological polar surface area (TPSA) is 46.2 Å². The molecule has 2 N–H and O–H groups in total. The number of pyridine rings is 1. The van der Waals surface area contributed by atoms with Crippen molar-refractivity contribution in [3.05, 3.63) is 23.9 Å². The smallest absolute Gasteiger partial charge is 0.217 e. The van der Waals surface area contributed by atoms with Gasteiger partial charge in [0, 0.05) is 24.3 Å². The number of hydrogen-bond acceptors (Lipinski definition) is 4. The molecule has 0 bridgehead atoms. The van der Waals surface area contributed by atoms with Crippen LogP contribution in [-0.2, 0) is 6.54 Å². The Labute approximate surface area is 103 Å². The highest BCUT2D eigenvalue weighted by Crippen LogP contribution is 2.14. The van der Waals surface area contributed by atoms with E-state index in [0.717, 1.165) is 31.1 Å². The lowest BCUT2D eigenvalue weighted by Crippen LogP contribution is -2.29. The molecule has 1 aliphatic heterocycles. The fraction of sp³-hybridized carbons (Fsp3) is 0.615. The van der Waals surface area contributed by atoms with Gasteiger partial charge in [-0.05, 0) is 38.4 Å². The summed E-state index contributed by atoms with van der Waals surface area (Å²) < 4.78 is 5.25. The van der Waals surface area contributed by atoms with Gasteiger partial charge in [-0.25, -0.2) is 4.98 Å². The van der Waals surface area contributed by atoms with Gasteiger partial charge in [-0.15, -0.1) is 0 Å². The van der Waals surface area contributed by atoms with Gasteiger partial charge in [-0.3, -0.25) is 0 Å². The summed E-state index contributed by atoms with van der Waals surface area (Å²) >= 11 is 0. The fourth-order valence-corrected chi connectivity index (χ4v) is 2.22. The molecule has 1 aromatic rings. The van der Waals surface area contributed by atoms with Crippen molar-refractivity contribution in [2.24, 2.45) is 0 Å². The molecular formula is C13H21N3O. The van der Waals surface area contributed by atoms with Crippen LogP contribution < -0.4 is 15.4 Å². The highest BCUT2D eigenvalue weighted by molar-refractivity contribution is 5.25. The zero-order valence-corrected chi connectivity index (χ0v) is 10.4. The lowest BCUT2D eigenvalue weighted by Gasteiger charge is -2.16. The van der Waals surface area contributed by atoms with Crippen LogP contribution in [0, 0.1) is 0 Å². The summed E-state index contributed by atoms with van der Waals surface area (Å²) in [7, 11) is 1.67. The van der Waals surface area contributed by atoms with E-state index in [0.29, 0.717) is 6.04 Å². The van der Waals surface area contributed by atoms with Gasteiger partial charge < -0.3 is 15.4 Å². The average Bonchev–Trinajstić information content (AvgIpc) is 2.65. The molecule has 0 aromatic carbocycles. The van der Waals surface area contributed by atoms with Gasteiger partial charge in [0.15, 0.2) is 0 Å². The Balaban J connectivity index is 1.87. The van der Waals surface area contributed by atoms with E-state index in [1.807, 2.05) is 6.07 Å². The van der Waals surface area contributed by atoms with E-state index in [9.17, 15) is 0 Å². The van der Waals surface area contributed by atoms with Crippen molar-refractivity contribution in [2.45, 2.75) is 31.8 Å². The highest BCUT2D eigenvalue weighted by Gasteiger charge is 2.12. The number of hydrogen-bond donors (Lipinski definition) is 2. The number of rotatable bonds is 4. The highest BCUT2D eigenvalue weighted by atomic mass is 16.5. The van der Waals surface area contributed by atoms with E-state index in [2.05, 4.69) is 21.7 Å². The summed E-state index contributed by atoms with van der Waals surface area (Å²) in [4.78, 5) is 4.20. The summed E-state index contributed by atoms with van der Waals surface area (Å²) in [5.41, 5.74) is 1.13. The number of methoxy groups -OCH3 is 1. The van der Waals surface area contributed by atoms with Gasteiger partial charge in [-0.1, -0.05) is 6.07 Å². The molecule has 2 heterocycles. The number of ether oxygens (including phenoxy) is 1. The van der Waals surface area contributed by atoms with Crippen molar-refractivity contribution in [3.8, 4) is 5.88 Å². The third kappa shape index (κ3) is 3.68. The maximum Gasteiger partial charge on any atom is 0.217 e. The molecule has 0 saturated carbocycles. The van der Waals surface area contributed by atoms with Crippen molar-refractivity contribution >= 4 is 0 Å². The molecule has 1 fully saturated rings. The largest absolute Gasteiger partial charge is 0.481 e. The van der Waals surface area contributed by atoms with Crippen LogP contribution in [0.15, 0.2) is 18.3 Å². The molecule has 1 atom stereocenters. The average molecular weight is 235 g/mol. The van der Waals surface area contributed by atoms with Crippen LogP contribution in [0.3, 0.4) is 0 Å². The lowest BCUT2D eigenvalue weighted by atomic mass is 10.1. The summed E-state index contributed by atoms with van der Waals surface area (Å²) in [6.45, 7) is 3.10. The van der Waals surface area contributed by atoms with Gasteiger partial charge in [0.05, 0.1) is 7.11 Å². The molecule has 0 aliphatic carbocycles. The SMILES string of the molecule is COc1ncccc1CNC1CCCNCC1. The normalized spacial score (nSPS) is 20.9. The predicted octanol–water partition coefficient (Wildman–Crippen LogP) is 1.32. The molecule has 0 spiro atoms. The van der Waals surface area contributed by atoms with Gasteiger partial charge in [-0.2, -0.15) is 0 Å². The van der Waals surface area contributed by atoms with E-state index < -0.39 is 0 Å². The Morgan fingerprint density at radius 3 is 3.29 bits per heavy atom. The fourth-order valence-electron chi connectivity index (χ4n) is 2.22. The molecule has 2 rings (SSSR count). The van der Waals surface area contributed by atoms with Crippen LogP contribution >= 0.6 is 0 Å². The summed E-state index contributed by atoms with van der Waals surface area (Å²) in [5, 5.41) is 7.01. The van der Waals surface area contributed by atoms with Gasteiger partial charge in [0.1, 0.15) is 0 Å². The third-order valence-corrected chi connectivity index (χ3v) is 3.20. The van der Waals surface area contributed by atoms with Gasteiger partial charge in [0.25, 0.3) is 0 Å². The van der Waals surface area contributed by atoms with Crippen LogP contribution in [0.1, 0.15) is 24.8 Å². The van der Waals surface area contributed by atoms with E-state index in [4.69, 9.17) is 4.74 Å².